The van der Waals surface area contributed by atoms with Gasteiger partial charge in [0.25, 0.3) is 11.8 Å². The molecule has 3 aromatic rings. The predicted molar refractivity (Wildman–Crippen MR) is 122 cm³/mol. The number of hydrogen-bond donors (Lipinski definition) is 3. The highest BCUT2D eigenvalue weighted by Gasteiger charge is 2.30. The van der Waals surface area contributed by atoms with Gasteiger partial charge < -0.3 is 25.8 Å². The molecule has 0 aliphatic carbocycles. The van der Waals surface area contributed by atoms with Crippen LogP contribution in [0.15, 0.2) is 29.6 Å². The van der Waals surface area contributed by atoms with Crippen LogP contribution in [0.5, 0.6) is 5.75 Å². The number of nitrogens with two attached hydrogens (primary N) is 1. The van der Waals surface area contributed by atoms with Crippen molar-refractivity contribution >= 4 is 28.8 Å². The van der Waals surface area contributed by atoms with Crippen LogP contribution >= 0.6 is 11.3 Å². The van der Waals surface area contributed by atoms with Gasteiger partial charge in [0.05, 0.1) is 24.5 Å². The highest BCUT2D eigenvalue weighted by atomic mass is 32.1. The first-order valence-corrected chi connectivity index (χ1v) is 11.2. The van der Waals surface area contributed by atoms with Crippen LogP contribution in [0.1, 0.15) is 32.0 Å². The second kappa shape index (κ2) is 7.92. The molecule has 0 saturated carbocycles. The van der Waals surface area contributed by atoms with Gasteiger partial charge in [0.1, 0.15) is 16.5 Å². The number of rotatable bonds is 3. The number of hydrogen-bond acceptors (Lipinski definition) is 7. The van der Waals surface area contributed by atoms with Crippen LogP contribution in [0.25, 0.3) is 21.7 Å². The largest absolute Gasteiger partial charge is 0.508 e. The van der Waals surface area contributed by atoms with E-state index in [1.54, 1.807) is 28.5 Å². The van der Waals surface area contributed by atoms with Crippen LogP contribution in [-0.4, -0.2) is 53.1 Å². The number of nitrogens with zero attached hydrogens (tertiary/aromatic N) is 2. The molecule has 2 aliphatic rings. The molecule has 5 rings (SSSR count). The number of nitrogen functional groups attached to an aromatic ring is 1. The minimum Gasteiger partial charge on any atom is -0.508 e. The van der Waals surface area contributed by atoms with Crippen LogP contribution in [-0.2, 0) is 11.3 Å². The first-order valence-electron chi connectivity index (χ1n) is 10.3. The van der Waals surface area contributed by atoms with Crippen molar-refractivity contribution in [1.29, 1.82) is 0 Å². The number of fused-ring (bicyclic) bond motifs is 1. The number of aromatic nitrogens is 1. The normalized spacial score (nSPS) is 15.5. The summed E-state index contributed by atoms with van der Waals surface area (Å²) in [5, 5.41) is 15.3. The van der Waals surface area contributed by atoms with Crippen LogP contribution in [0, 0.1) is 6.92 Å². The van der Waals surface area contributed by atoms with Gasteiger partial charge in [0.15, 0.2) is 0 Å². The fourth-order valence-electron chi connectivity index (χ4n) is 4.18. The first-order chi connectivity index (χ1) is 15.4. The fourth-order valence-corrected chi connectivity index (χ4v) is 5.02. The van der Waals surface area contributed by atoms with Gasteiger partial charge in [0.2, 0.25) is 0 Å². The number of morpholine rings is 1. The maximum absolute atomic E-state index is 12.9. The van der Waals surface area contributed by atoms with E-state index in [-0.39, 0.29) is 17.6 Å². The molecular formula is C23H22N4O4S. The standard InChI is InChI=1S/C23H22N4O4S/c1-12-2-3-13(28)8-14(12)15-9-16(17-10-25-21(29)19(17)20(15)24)22-26-18(11-32-22)23(30)27-4-6-31-7-5-27/h2-3,8-9,11,28H,4-7,10,24H2,1H3,(H,25,29). The SMILES string of the molecule is Cc1ccc(O)cc1-c1cc(-c2nc(C(=O)N3CCOCC3)cs2)c2c(c1N)C(=O)NC2. The second-order valence-electron chi connectivity index (χ2n) is 7.86. The second-order valence-corrected chi connectivity index (χ2v) is 8.72. The zero-order valence-corrected chi connectivity index (χ0v) is 18.3. The molecule has 2 aromatic carbocycles. The zero-order valence-electron chi connectivity index (χ0n) is 17.5. The lowest BCUT2D eigenvalue weighted by atomic mass is 9.91. The number of phenolic OH excluding ortho intramolecular Hbond substituents is 1. The molecule has 2 aliphatic heterocycles. The molecule has 1 aromatic heterocycles. The Morgan fingerprint density at radius 2 is 2.00 bits per heavy atom. The summed E-state index contributed by atoms with van der Waals surface area (Å²) in [5.41, 5.74) is 11.5. The van der Waals surface area contributed by atoms with E-state index in [0.717, 1.165) is 22.3 Å². The van der Waals surface area contributed by atoms with Gasteiger partial charge in [-0.15, -0.1) is 11.3 Å². The maximum atomic E-state index is 12.9. The molecule has 3 heterocycles. The highest BCUT2D eigenvalue weighted by molar-refractivity contribution is 7.13. The monoisotopic (exact) mass is 450 g/mol. The topological polar surface area (TPSA) is 118 Å². The van der Waals surface area contributed by atoms with Crippen LogP contribution in [0.4, 0.5) is 5.69 Å². The number of anilines is 1. The first kappa shape index (κ1) is 20.5. The molecule has 1 saturated heterocycles. The van der Waals surface area contributed by atoms with Gasteiger partial charge in [-0.1, -0.05) is 6.07 Å². The highest BCUT2D eigenvalue weighted by Crippen LogP contribution is 2.42. The minimum atomic E-state index is -0.237. The fraction of sp³-hybridized carbons (Fsp3) is 0.261. The average Bonchev–Trinajstić information content (AvgIpc) is 3.44. The molecule has 32 heavy (non-hydrogen) atoms. The third-order valence-electron chi connectivity index (χ3n) is 5.89. The van der Waals surface area contributed by atoms with Crippen molar-refractivity contribution < 1.29 is 19.4 Å². The van der Waals surface area contributed by atoms with Crippen LogP contribution in [0.3, 0.4) is 0 Å². The number of ether oxygens (including phenoxy) is 1. The summed E-state index contributed by atoms with van der Waals surface area (Å²) in [6.07, 6.45) is 0. The van der Waals surface area contributed by atoms with Crippen molar-refractivity contribution in [3.05, 3.63) is 52.0 Å². The van der Waals surface area contributed by atoms with Crippen LogP contribution < -0.4 is 11.1 Å². The number of amides is 2. The lowest BCUT2D eigenvalue weighted by Gasteiger charge is -2.25. The number of aromatic hydroxyl groups is 1. The molecule has 9 heteroatoms. The number of benzene rings is 2. The van der Waals surface area contributed by atoms with E-state index in [2.05, 4.69) is 10.3 Å². The third-order valence-corrected chi connectivity index (χ3v) is 6.77. The molecule has 0 radical (unpaired) electrons. The van der Waals surface area contributed by atoms with Crippen molar-refractivity contribution in [1.82, 2.24) is 15.2 Å². The summed E-state index contributed by atoms with van der Waals surface area (Å²) < 4.78 is 5.32. The van der Waals surface area contributed by atoms with Gasteiger partial charge in [0, 0.05) is 36.1 Å². The molecule has 4 N–H and O–H groups in total. The van der Waals surface area contributed by atoms with E-state index >= 15 is 0 Å². The molecule has 0 atom stereocenters. The molecule has 164 valence electrons. The number of thiazole rings is 1. The molecular weight excluding hydrogens is 428 g/mol. The maximum Gasteiger partial charge on any atom is 0.273 e. The Balaban J connectivity index is 1.62. The Hall–Kier alpha value is -3.43. The average molecular weight is 451 g/mol. The van der Waals surface area contributed by atoms with E-state index in [4.69, 9.17) is 10.5 Å². The van der Waals surface area contributed by atoms with Gasteiger partial charge in [-0.05, 0) is 41.8 Å². The molecule has 1 fully saturated rings. The number of carbonyl (C=O) groups excluding carboxylic acids is 2. The van der Waals surface area contributed by atoms with E-state index in [1.165, 1.54) is 11.3 Å². The van der Waals surface area contributed by atoms with Gasteiger partial charge in [-0.2, -0.15) is 0 Å². The van der Waals surface area contributed by atoms with E-state index < -0.39 is 0 Å². The minimum absolute atomic E-state index is 0.115. The summed E-state index contributed by atoms with van der Waals surface area (Å²) >= 11 is 1.36. The van der Waals surface area contributed by atoms with Gasteiger partial charge in [-0.25, -0.2) is 4.98 Å². The lowest BCUT2D eigenvalue weighted by Crippen LogP contribution is -2.40. The van der Waals surface area contributed by atoms with E-state index in [1.807, 2.05) is 13.0 Å². The third kappa shape index (κ3) is 3.39. The van der Waals surface area contributed by atoms with Crippen molar-refractivity contribution in [3.63, 3.8) is 0 Å². The summed E-state index contributed by atoms with van der Waals surface area (Å²) in [6.45, 7) is 4.40. The molecule has 0 unspecified atom stereocenters. The Morgan fingerprint density at radius 1 is 1.22 bits per heavy atom. The van der Waals surface area contributed by atoms with Gasteiger partial charge >= 0.3 is 0 Å². The quantitative estimate of drug-likeness (QED) is 0.528. The van der Waals surface area contributed by atoms with E-state index in [9.17, 15) is 14.7 Å². The number of carbonyl (C=O) groups is 2. The summed E-state index contributed by atoms with van der Waals surface area (Å²) in [6, 6.07) is 6.96. The zero-order chi connectivity index (χ0) is 22.4. The summed E-state index contributed by atoms with van der Waals surface area (Å²) in [7, 11) is 0. The van der Waals surface area contributed by atoms with Crippen molar-refractivity contribution in [2.75, 3.05) is 32.0 Å². The lowest BCUT2D eigenvalue weighted by molar-refractivity contribution is 0.0299. The molecule has 8 nitrogen and oxygen atoms in total. The molecule has 0 spiro atoms. The van der Waals surface area contributed by atoms with Crippen LogP contribution in [0.2, 0.25) is 0 Å². The summed E-state index contributed by atoms with van der Waals surface area (Å²) in [5.74, 6) is -0.245. The number of phenols is 1. The smallest absolute Gasteiger partial charge is 0.273 e. The molecule has 2 amide bonds. The van der Waals surface area contributed by atoms with Crippen molar-refractivity contribution in [3.8, 4) is 27.4 Å². The Kier molecular flexibility index (Phi) is 5.07. The Labute approximate surface area is 188 Å². The number of aryl methyl sites for hydroxylation is 1. The number of nitrogens with one attached hydrogen (secondary N) is 1. The Morgan fingerprint density at radius 3 is 2.78 bits per heavy atom. The summed E-state index contributed by atoms with van der Waals surface area (Å²) in [4.78, 5) is 31.8. The van der Waals surface area contributed by atoms with Crippen molar-refractivity contribution in [2.24, 2.45) is 0 Å². The molecule has 0 bridgehead atoms. The van der Waals surface area contributed by atoms with E-state index in [0.29, 0.717) is 60.4 Å². The van der Waals surface area contributed by atoms with Gasteiger partial charge in [-0.3, -0.25) is 9.59 Å². The Bertz CT molecular complexity index is 1250. The van der Waals surface area contributed by atoms with Crippen molar-refractivity contribution in [2.45, 2.75) is 13.5 Å². The predicted octanol–water partition coefficient (Wildman–Crippen LogP) is 2.79.